The van der Waals surface area contributed by atoms with Crippen LogP contribution >= 0.6 is 0 Å². The summed E-state index contributed by atoms with van der Waals surface area (Å²) < 4.78 is 0. The van der Waals surface area contributed by atoms with Gasteiger partial charge in [-0.15, -0.1) is 0 Å². The summed E-state index contributed by atoms with van der Waals surface area (Å²) in [5, 5.41) is 17.8. The molecule has 1 unspecified atom stereocenters. The summed E-state index contributed by atoms with van der Waals surface area (Å²) in [5.74, 6) is -0.850. The van der Waals surface area contributed by atoms with E-state index in [-0.39, 0.29) is 0 Å². The summed E-state index contributed by atoms with van der Waals surface area (Å²) in [7, 11) is 0. The number of hydrogen-bond acceptors (Lipinski definition) is 4. The lowest BCUT2D eigenvalue weighted by atomic mass is 9.98. The number of aliphatic hydroxyl groups is 1. The highest BCUT2D eigenvalue weighted by molar-refractivity contribution is 6.12. The smallest absolute Gasteiger partial charge is 0.268 e. The van der Waals surface area contributed by atoms with Crippen molar-refractivity contribution in [1.82, 2.24) is 10.0 Å². The quantitative estimate of drug-likeness (QED) is 0.403. The van der Waals surface area contributed by atoms with Gasteiger partial charge in [-0.25, -0.2) is 5.01 Å². The number of imide groups is 1. The van der Waals surface area contributed by atoms with E-state index in [9.17, 15) is 14.7 Å². The maximum atomic E-state index is 12.2. The molecule has 0 saturated carbocycles. The Labute approximate surface area is 163 Å². The molecule has 5 nitrogen and oxygen atoms in total. The molecule has 28 heavy (non-hydrogen) atoms. The van der Waals surface area contributed by atoms with E-state index in [1.54, 1.807) is 0 Å². The number of fused-ring (bicyclic) bond motifs is 2. The second-order valence-electron chi connectivity index (χ2n) is 6.98. The molecule has 142 valence electrons. The SMILES string of the molecule is CCCCN(C(O)c1cccc2cc3ccccc3cc12)N1C(=O)C=CC1=O. The Bertz CT molecular complexity index is 1070. The number of unbranched alkanes of at least 4 members (excludes halogenated alkanes) is 1. The highest BCUT2D eigenvalue weighted by Gasteiger charge is 2.34. The van der Waals surface area contributed by atoms with E-state index in [1.165, 1.54) is 17.2 Å². The van der Waals surface area contributed by atoms with E-state index in [0.29, 0.717) is 12.1 Å². The molecule has 1 aliphatic rings. The molecule has 0 fully saturated rings. The number of hydrogen-bond donors (Lipinski definition) is 1. The van der Waals surface area contributed by atoms with Gasteiger partial charge in [0, 0.05) is 24.3 Å². The van der Waals surface area contributed by atoms with E-state index in [1.807, 2.05) is 49.4 Å². The van der Waals surface area contributed by atoms with Crippen molar-refractivity contribution >= 4 is 33.4 Å². The van der Waals surface area contributed by atoms with Gasteiger partial charge in [0.1, 0.15) is 0 Å². The van der Waals surface area contributed by atoms with Gasteiger partial charge in [0.25, 0.3) is 11.8 Å². The lowest BCUT2D eigenvalue weighted by molar-refractivity contribution is -0.176. The first kappa shape index (κ1) is 18.3. The Morgan fingerprint density at radius 1 is 0.929 bits per heavy atom. The van der Waals surface area contributed by atoms with E-state index < -0.39 is 18.0 Å². The summed E-state index contributed by atoms with van der Waals surface area (Å²) >= 11 is 0. The Kier molecular flexibility index (Phi) is 4.94. The molecule has 1 N–H and O–H groups in total. The molecular weight excluding hydrogens is 352 g/mol. The van der Waals surface area contributed by atoms with Crippen LogP contribution in [0.2, 0.25) is 0 Å². The van der Waals surface area contributed by atoms with Crippen LogP contribution in [0.4, 0.5) is 0 Å². The van der Waals surface area contributed by atoms with Crippen LogP contribution in [0.3, 0.4) is 0 Å². The predicted molar refractivity (Wildman–Crippen MR) is 109 cm³/mol. The monoisotopic (exact) mass is 374 g/mol. The van der Waals surface area contributed by atoms with Crippen LogP contribution in [0.15, 0.2) is 66.7 Å². The maximum absolute atomic E-state index is 12.2. The van der Waals surface area contributed by atoms with Gasteiger partial charge in [0.2, 0.25) is 0 Å². The van der Waals surface area contributed by atoms with Crippen LogP contribution in [-0.2, 0) is 9.59 Å². The van der Waals surface area contributed by atoms with E-state index in [2.05, 4.69) is 12.1 Å². The van der Waals surface area contributed by atoms with Gasteiger partial charge < -0.3 is 5.11 Å². The number of benzene rings is 3. The number of nitrogens with zero attached hydrogens (tertiary/aromatic N) is 2. The minimum atomic E-state index is -1.11. The molecular formula is C23H22N2O3. The van der Waals surface area contributed by atoms with E-state index >= 15 is 0 Å². The van der Waals surface area contributed by atoms with Gasteiger partial charge >= 0.3 is 0 Å². The topological polar surface area (TPSA) is 60.9 Å². The summed E-state index contributed by atoms with van der Waals surface area (Å²) in [5.41, 5.74) is 0.673. The Hall–Kier alpha value is -3.02. The minimum Gasteiger partial charge on any atom is -0.372 e. The van der Waals surface area contributed by atoms with Crippen LogP contribution in [0.5, 0.6) is 0 Å². The highest BCUT2D eigenvalue weighted by Crippen LogP contribution is 2.31. The largest absolute Gasteiger partial charge is 0.372 e. The Morgan fingerprint density at radius 2 is 1.57 bits per heavy atom. The molecule has 0 spiro atoms. The zero-order valence-electron chi connectivity index (χ0n) is 15.7. The minimum absolute atomic E-state index is 0.404. The molecule has 4 rings (SSSR count). The third-order valence-electron chi connectivity index (χ3n) is 5.12. The molecule has 5 heteroatoms. The molecule has 1 aliphatic heterocycles. The average molecular weight is 374 g/mol. The van der Waals surface area contributed by atoms with E-state index in [4.69, 9.17) is 0 Å². The summed E-state index contributed by atoms with van der Waals surface area (Å²) in [4.78, 5) is 24.5. The van der Waals surface area contributed by atoms with Gasteiger partial charge in [-0.2, -0.15) is 5.01 Å². The van der Waals surface area contributed by atoms with Crippen LogP contribution in [0.1, 0.15) is 31.6 Å². The lowest BCUT2D eigenvalue weighted by Gasteiger charge is -2.34. The van der Waals surface area contributed by atoms with Crippen LogP contribution < -0.4 is 0 Å². The maximum Gasteiger partial charge on any atom is 0.268 e. The molecule has 1 atom stereocenters. The van der Waals surface area contributed by atoms with Crippen LogP contribution in [-0.4, -0.2) is 33.5 Å². The average Bonchev–Trinajstić information content (AvgIpc) is 3.04. The zero-order valence-corrected chi connectivity index (χ0v) is 15.7. The molecule has 2 amide bonds. The first-order valence-electron chi connectivity index (χ1n) is 9.52. The van der Waals surface area contributed by atoms with Crippen molar-refractivity contribution in [3.63, 3.8) is 0 Å². The van der Waals surface area contributed by atoms with Crippen molar-refractivity contribution in [1.29, 1.82) is 0 Å². The number of rotatable bonds is 6. The first-order valence-corrected chi connectivity index (χ1v) is 9.52. The lowest BCUT2D eigenvalue weighted by Crippen LogP contribution is -2.48. The fourth-order valence-electron chi connectivity index (χ4n) is 3.67. The number of carbonyl (C=O) groups excluding carboxylic acids is 2. The molecule has 0 aromatic heterocycles. The predicted octanol–water partition coefficient (Wildman–Crippen LogP) is 3.93. The van der Waals surface area contributed by atoms with Gasteiger partial charge in [-0.1, -0.05) is 55.8 Å². The van der Waals surface area contributed by atoms with Gasteiger partial charge in [-0.05, 0) is 40.1 Å². The zero-order chi connectivity index (χ0) is 19.7. The first-order chi connectivity index (χ1) is 13.6. The fourth-order valence-corrected chi connectivity index (χ4v) is 3.67. The van der Waals surface area contributed by atoms with Gasteiger partial charge in [0.05, 0.1) is 0 Å². The molecule has 1 heterocycles. The molecule has 0 bridgehead atoms. The summed E-state index contributed by atoms with van der Waals surface area (Å²) in [6.07, 6.45) is 3.01. The van der Waals surface area contributed by atoms with Crippen molar-refractivity contribution in [2.75, 3.05) is 6.54 Å². The summed E-state index contributed by atoms with van der Waals surface area (Å²) in [6.45, 7) is 2.43. The Balaban J connectivity index is 1.80. The van der Waals surface area contributed by atoms with Crippen molar-refractivity contribution in [2.45, 2.75) is 26.0 Å². The van der Waals surface area contributed by atoms with Crippen LogP contribution in [0, 0.1) is 0 Å². The van der Waals surface area contributed by atoms with Crippen molar-refractivity contribution in [2.24, 2.45) is 0 Å². The molecule has 3 aromatic carbocycles. The molecule has 0 saturated heterocycles. The van der Waals surface area contributed by atoms with Crippen molar-refractivity contribution in [3.8, 4) is 0 Å². The highest BCUT2D eigenvalue weighted by atomic mass is 16.3. The van der Waals surface area contributed by atoms with E-state index in [0.717, 1.165) is 39.4 Å². The molecule has 0 aliphatic carbocycles. The van der Waals surface area contributed by atoms with Crippen molar-refractivity contribution < 1.29 is 14.7 Å². The number of aliphatic hydroxyl groups excluding tert-OH is 1. The molecule has 3 aromatic rings. The fraction of sp³-hybridized carbons (Fsp3) is 0.217. The second kappa shape index (κ2) is 7.54. The van der Waals surface area contributed by atoms with Crippen LogP contribution in [0.25, 0.3) is 21.5 Å². The normalized spacial score (nSPS) is 15.3. The Morgan fingerprint density at radius 3 is 2.25 bits per heavy atom. The number of carbonyl (C=O) groups is 2. The summed E-state index contributed by atoms with van der Waals surface area (Å²) in [6, 6.07) is 17.9. The van der Waals surface area contributed by atoms with Crippen molar-refractivity contribution in [3.05, 3.63) is 72.3 Å². The number of hydrazine groups is 1. The second-order valence-corrected chi connectivity index (χ2v) is 6.98. The van der Waals surface area contributed by atoms with Gasteiger partial charge in [-0.3, -0.25) is 9.59 Å². The third kappa shape index (κ3) is 3.19. The third-order valence-corrected chi connectivity index (χ3v) is 5.12. The molecule has 0 radical (unpaired) electrons. The van der Waals surface area contributed by atoms with Gasteiger partial charge in [0.15, 0.2) is 6.23 Å². The number of amides is 2. The standard InChI is InChI=1S/C23H22N2O3/c1-2-3-13-24(25-21(26)11-12-22(25)27)23(28)19-10-6-9-18-14-16-7-4-5-8-17(16)15-20(18)19/h4-12,14-15,23,28H,2-3,13H2,1H3.